The van der Waals surface area contributed by atoms with E-state index >= 15 is 0 Å². The van der Waals surface area contributed by atoms with Crippen LogP contribution in [-0.2, 0) is 6.54 Å². The van der Waals surface area contributed by atoms with Gasteiger partial charge >= 0.3 is 0 Å². The molecule has 1 aromatic heterocycles. The summed E-state index contributed by atoms with van der Waals surface area (Å²) in [6.45, 7) is 2.95. The SMILES string of the molecule is CC(NCc1cc(Br)cs1)c1cccc(C#N)c1. The van der Waals surface area contributed by atoms with Gasteiger partial charge in [0.15, 0.2) is 0 Å². The standard InChI is InChI=1S/C14H13BrN2S/c1-10(12-4-2-3-11(5-12)7-16)17-8-14-6-13(15)9-18-14/h2-6,9-10,17H,8H2,1H3. The lowest BCUT2D eigenvalue weighted by molar-refractivity contribution is 0.579. The number of hydrogen-bond donors (Lipinski definition) is 1. The number of nitrogens with zero attached hydrogens (tertiary/aromatic N) is 1. The van der Waals surface area contributed by atoms with Gasteiger partial charge in [-0.1, -0.05) is 12.1 Å². The van der Waals surface area contributed by atoms with E-state index < -0.39 is 0 Å². The van der Waals surface area contributed by atoms with Crippen molar-refractivity contribution in [3.05, 3.63) is 56.2 Å². The lowest BCUT2D eigenvalue weighted by Crippen LogP contribution is -2.17. The van der Waals surface area contributed by atoms with Crippen LogP contribution in [0.2, 0.25) is 0 Å². The molecule has 1 atom stereocenters. The number of nitrogens with one attached hydrogen (secondary N) is 1. The van der Waals surface area contributed by atoms with E-state index in [2.05, 4.69) is 45.7 Å². The smallest absolute Gasteiger partial charge is 0.0991 e. The van der Waals surface area contributed by atoms with Gasteiger partial charge in [-0.05, 0) is 46.6 Å². The van der Waals surface area contributed by atoms with Crippen molar-refractivity contribution in [1.82, 2.24) is 5.32 Å². The van der Waals surface area contributed by atoms with E-state index in [9.17, 15) is 0 Å². The van der Waals surface area contributed by atoms with Crippen LogP contribution in [-0.4, -0.2) is 0 Å². The van der Waals surface area contributed by atoms with Crippen molar-refractivity contribution in [2.45, 2.75) is 19.5 Å². The van der Waals surface area contributed by atoms with Crippen LogP contribution < -0.4 is 5.32 Å². The van der Waals surface area contributed by atoms with Crippen molar-refractivity contribution in [3.63, 3.8) is 0 Å². The Hall–Kier alpha value is -1.15. The maximum Gasteiger partial charge on any atom is 0.0991 e. The highest BCUT2D eigenvalue weighted by molar-refractivity contribution is 9.10. The minimum absolute atomic E-state index is 0.235. The molecule has 0 fully saturated rings. The van der Waals surface area contributed by atoms with Gasteiger partial charge in [0.05, 0.1) is 11.6 Å². The van der Waals surface area contributed by atoms with Gasteiger partial charge in [-0.2, -0.15) is 5.26 Å². The number of nitriles is 1. The summed E-state index contributed by atoms with van der Waals surface area (Å²) in [5.74, 6) is 0. The predicted octanol–water partition coefficient (Wildman–Crippen LogP) is 4.23. The number of hydrogen-bond acceptors (Lipinski definition) is 3. The molecular formula is C14H13BrN2S. The molecule has 4 heteroatoms. The number of benzene rings is 1. The van der Waals surface area contributed by atoms with Crippen molar-refractivity contribution in [1.29, 1.82) is 5.26 Å². The van der Waals surface area contributed by atoms with Crippen molar-refractivity contribution >= 4 is 27.3 Å². The van der Waals surface area contributed by atoms with Crippen LogP contribution in [0.5, 0.6) is 0 Å². The fourth-order valence-corrected chi connectivity index (χ4v) is 3.10. The molecule has 18 heavy (non-hydrogen) atoms. The average molecular weight is 321 g/mol. The fraction of sp³-hybridized carbons (Fsp3) is 0.214. The van der Waals surface area contributed by atoms with E-state index in [-0.39, 0.29) is 6.04 Å². The zero-order valence-electron chi connectivity index (χ0n) is 9.98. The third-order valence-electron chi connectivity index (χ3n) is 2.72. The molecule has 2 nitrogen and oxygen atoms in total. The highest BCUT2D eigenvalue weighted by atomic mass is 79.9. The van der Waals surface area contributed by atoms with E-state index in [0.717, 1.165) is 16.6 Å². The second-order valence-electron chi connectivity index (χ2n) is 4.07. The molecule has 0 amide bonds. The molecule has 1 aromatic carbocycles. The maximum atomic E-state index is 8.88. The van der Waals surface area contributed by atoms with Crippen LogP contribution >= 0.6 is 27.3 Å². The Morgan fingerprint density at radius 1 is 1.44 bits per heavy atom. The van der Waals surface area contributed by atoms with Gasteiger partial charge in [0, 0.05) is 27.3 Å². The number of halogens is 1. The van der Waals surface area contributed by atoms with Gasteiger partial charge in [-0.25, -0.2) is 0 Å². The summed E-state index contributed by atoms with van der Waals surface area (Å²) < 4.78 is 1.13. The predicted molar refractivity (Wildman–Crippen MR) is 78.4 cm³/mol. The van der Waals surface area contributed by atoms with E-state index in [1.165, 1.54) is 4.88 Å². The van der Waals surface area contributed by atoms with Crippen LogP contribution in [0.3, 0.4) is 0 Å². The number of thiophene rings is 1. The number of rotatable bonds is 4. The molecule has 0 aliphatic carbocycles. The summed E-state index contributed by atoms with van der Waals surface area (Å²) in [7, 11) is 0. The fourth-order valence-electron chi connectivity index (χ4n) is 1.70. The van der Waals surface area contributed by atoms with Crippen LogP contribution in [0.4, 0.5) is 0 Å². The quantitative estimate of drug-likeness (QED) is 0.914. The molecule has 1 heterocycles. The van der Waals surface area contributed by atoms with Crippen LogP contribution in [0.1, 0.15) is 29.0 Å². The van der Waals surface area contributed by atoms with Gasteiger partial charge < -0.3 is 5.32 Å². The molecule has 0 bridgehead atoms. The summed E-state index contributed by atoms with van der Waals surface area (Å²) in [5.41, 5.74) is 1.85. The Bertz CT molecular complexity index is 571. The molecule has 1 unspecified atom stereocenters. The highest BCUT2D eigenvalue weighted by Crippen LogP contribution is 2.21. The summed E-state index contributed by atoms with van der Waals surface area (Å²) in [4.78, 5) is 1.30. The van der Waals surface area contributed by atoms with E-state index in [1.807, 2.05) is 24.3 Å². The Balaban J connectivity index is 1.99. The second-order valence-corrected chi connectivity index (χ2v) is 5.98. The Kier molecular flexibility index (Phi) is 4.54. The molecule has 0 spiro atoms. The third kappa shape index (κ3) is 3.42. The van der Waals surface area contributed by atoms with Crippen LogP contribution in [0, 0.1) is 11.3 Å². The molecule has 92 valence electrons. The lowest BCUT2D eigenvalue weighted by atomic mass is 10.1. The zero-order valence-corrected chi connectivity index (χ0v) is 12.4. The Morgan fingerprint density at radius 3 is 2.94 bits per heavy atom. The minimum Gasteiger partial charge on any atom is -0.305 e. The van der Waals surface area contributed by atoms with E-state index in [4.69, 9.17) is 5.26 Å². The normalized spacial score (nSPS) is 12.1. The maximum absolute atomic E-state index is 8.88. The van der Waals surface area contributed by atoms with Crippen molar-refractivity contribution in [3.8, 4) is 6.07 Å². The molecule has 2 rings (SSSR count). The van der Waals surface area contributed by atoms with Gasteiger partial charge in [-0.3, -0.25) is 0 Å². The summed E-state index contributed by atoms with van der Waals surface area (Å²) in [6, 6.07) is 12.3. The molecule has 1 N–H and O–H groups in total. The van der Waals surface area contributed by atoms with E-state index in [0.29, 0.717) is 5.56 Å². The van der Waals surface area contributed by atoms with Gasteiger partial charge in [0.1, 0.15) is 0 Å². The Morgan fingerprint density at radius 2 is 2.28 bits per heavy atom. The van der Waals surface area contributed by atoms with Crippen LogP contribution in [0.15, 0.2) is 40.2 Å². The van der Waals surface area contributed by atoms with E-state index in [1.54, 1.807) is 11.3 Å². The minimum atomic E-state index is 0.235. The molecule has 0 aliphatic rings. The molecule has 0 saturated carbocycles. The second kappa shape index (κ2) is 6.14. The zero-order chi connectivity index (χ0) is 13.0. The monoisotopic (exact) mass is 320 g/mol. The first kappa shape index (κ1) is 13.3. The average Bonchev–Trinajstić information content (AvgIpc) is 2.82. The Labute approximate surface area is 119 Å². The van der Waals surface area contributed by atoms with Crippen LogP contribution in [0.25, 0.3) is 0 Å². The molecule has 2 aromatic rings. The van der Waals surface area contributed by atoms with Gasteiger partial charge in [-0.15, -0.1) is 11.3 Å². The summed E-state index contributed by atoms with van der Waals surface area (Å²) >= 11 is 5.18. The largest absolute Gasteiger partial charge is 0.305 e. The lowest BCUT2D eigenvalue weighted by Gasteiger charge is -2.13. The van der Waals surface area contributed by atoms with Crippen molar-refractivity contribution in [2.24, 2.45) is 0 Å². The summed E-state index contributed by atoms with van der Waals surface area (Å²) in [6.07, 6.45) is 0. The topological polar surface area (TPSA) is 35.8 Å². The summed E-state index contributed by atoms with van der Waals surface area (Å²) in [5, 5.41) is 14.4. The third-order valence-corrected chi connectivity index (χ3v) is 4.42. The van der Waals surface area contributed by atoms with Gasteiger partial charge in [0.2, 0.25) is 0 Å². The first-order valence-corrected chi connectivity index (χ1v) is 7.32. The molecule has 0 radical (unpaired) electrons. The van der Waals surface area contributed by atoms with Crippen molar-refractivity contribution < 1.29 is 0 Å². The molecular weight excluding hydrogens is 308 g/mol. The highest BCUT2D eigenvalue weighted by Gasteiger charge is 2.06. The molecule has 0 aliphatic heterocycles. The molecule has 0 saturated heterocycles. The van der Waals surface area contributed by atoms with Crippen molar-refractivity contribution in [2.75, 3.05) is 0 Å². The first-order valence-electron chi connectivity index (χ1n) is 5.65. The first-order chi connectivity index (χ1) is 8.69. The van der Waals surface area contributed by atoms with Gasteiger partial charge in [0.25, 0.3) is 0 Å².